The van der Waals surface area contributed by atoms with Gasteiger partial charge in [0.1, 0.15) is 6.04 Å². The Labute approximate surface area is 199 Å². The molecule has 2 amide bonds. The summed E-state index contributed by atoms with van der Waals surface area (Å²) in [6.45, 7) is 7.49. The van der Waals surface area contributed by atoms with Gasteiger partial charge in [-0.2, -0.15) is 0 Å². The minimum absolute atomic E-state index is 0.0215. The summed E-state index contributed by atoms with van der Waals surface area (Å²) in [6, 6.07) is 8.35. The molecule has 4 rings (SSSR count). The van der Waals surface area contributed by atoms with Crippen LogP contribution < -0.4 is 5.32 Å². The summed E-state index contributed by atoms with van der Waals surface area (Å²) in [7, 11) is 0. The molecule has 3 fully saturated rings. The Morgan fingerprint density at radius 3 is 2.61 bits per heavy atom. The number of fused-ring (bicyclic) bond motifs is 1. The van der Waals surface area contributed by atoms with Crippen molar-refractivity contribution >= 4 is 29.5 Å². The van der Waals surface area contributed by atoms with Gasteiger partial charge in [-0.1, -0.05) is 30.3 Å². The number of carbonyl (C=O) groups excluding carboxylic acids is 3. The summed E-state index contributed by atoms with van der Waals surface area (Å²) < 4.78 is 4.67. The van der Waals surface area contributed by atoms with E-state index in [0.29, 0.717) is 12.8 Å². The van der Waals surface area contributed by atoms with Crippen molar-refractivity contribution in [1.82, 2.24) is 10.2 Å². The van der Waals surface area contributed by atoms with Crippen molar-refractivity contribution < 1.29 is 24.2 Å². The number of hydrogen-bond donors (Lipinski definition) is 2. The summed E-state index contributed by atoms with van der Waals surface area (Å²) in [5, 5.41) is 13.4. The molecule has 0 radical (unpaired) electrons. The molecule has 8 heteroatoms. The maximum Gasteiger partial charge on any atom is 0.310 e. The molecule has 1 spiro atoms. The Morgan fingerprint density at radius 1 is 1.30 bits per heavy atom. The normalized spacial score (nSPS) is 31.4. The molecule has 3 aliphatic heterocycles. The van der Waals surface area contributed by atoms with Crippen molar-refractivity contribution in [1.29, 1.82) is 0 Å². The Balaban J connectivity index is 1.75. The summed E-state index contributed by atoms with van der Waals surface area (Å²) in [5.74, 6) is -1.95. The van der Waals surface area contributed by atoms with E-state index in [-0.39, 0.29) is 36.2 Å². The number of carbonyl (C=O) groups is 3. The summed E-state index contributed by atoms with van der Waals surface area (Å²) >= 11 is 1.61. The lowest BCUT2D eigenvalue weighted by Crippen LogP contribution is -2.59. The molecular weight excluding hydrogens is 440 g/mol. The third-order valence-electron chi connectivity index (χ3n) is 6.96. The van der Waals surface area contributed by atoms with Gasteiger partial charge in [-0.05, 0) is 52.5 Å². The van der Waals surface area contributed by atoms with Crippen molar-refractivity contribution in [3.8, 4) is 0 Å². The number of rotatable bonds is 7. The zero-order chi connectivity index (χ0) is 24.0. The fraction of sp³-hybridized carbons (Fsp3) is 0.640. The van der Waals surface area contributed by atoms with E-state index in [2.05, 4.69) is 5.32 Å². The number of aliphatic hydroxyl groups is 1. The Hall–Kier alpha value is -2.06. The molecule has 2 unspecified atom stereocenters. The van der Waals surface area contributed by atoms with Gasteiger partial charge in [-0.15, -0.1) is 11.8 Å². The monoisotopic (exact) mass is 474 g/mol. The van der Waals surface area contributed by atoms with Crippen LogP contribution in [0.15, 0.2) is 30.3 Å². The van der Waals surface area contributed by atoms with Crippen molar-refractivity contribution in [2.75, 3.05) is 13.2 Å². The van der Waals surface area contributed by atoms with Crippen LogP contribution in [0.1, 0.15) is 46.1 Å². The van der Waals surface area contributed by atoms with Gasteiger partial charge in [0.05, 0.1) is 35.8 Å². The van der Waals surface area contributed by atoms with Crippen molar-refractivity contribution in [2.45, 2.75) is 74.6 Å². The topological polar surface area (TPSA) is 95.9 Å². The van der Waals surface area contributed by atoms with E-state index in [4.69, 9.17) is 4.74 Å². The molecule has 3 saturated heterocycles. The molecule has 0 saturated carbocycles. The van der Waals surface area contributed by atoms with Crippen LogP contribution in [0.3, 0.4) is 0 Å². The molecule has 6 atom stereocenters. The van der Waals surface area contributed by atoms with Gasteiger partial charge in [0.2, 0.25) is 11.8 Å². The van der Waals surface area contributed by atoms with E-state index >= 15 is 0 Å². The van der Waals surface area contributed by atoms with Gasteiger partial charge < -0.3 is 20.1 Å². The smallest absolute Gasteiger partial charge is 0.310 e. The van der Waals surface area contributed by atoms with Gasteiger partial charge in [0.15, 0.2) is 0 Å². The molecular formula is C25H34N2O5S. The number of ether oxygens (including phenoxy) is 1. The minimum Gasteiger partial charge on any atom is -0.466 e. The number of benzene rings is 1. The van der Waals surface area contributed by atoms with E-state index < -0.39 is 34.2 Å². The van der Waals surface area contributed by atoms with Crippen molar-refractivity contribution in [2.24, 2.45) is 11.8 Å². The predicted octanol–water partition coefficient (Wildman–Crippen LogP) is 2.16. The van der Waals surface area contributed by atoms with E-state index in [1.54, 1.807) is 23.6 Å². The molecule has 1 aromatic carbocycles. The fourth-order valence-corrected chi connectivity index (χ4v) is 8.06. The molecule has 3 aliphatic rings. The largest absolute Gasteiger partial charge is 0.466 e. The molecule has 33 heavy (non-hydrogen) atoms. The SMILES string of the molecule is CCOC(=O)[C@@H]1[C@H]2C(=O)N([C@@H](CO)Cc3ccccc3)C(C(=O)NC(C)(C)C)C23CC[C@H]1S3. The summed E-state index contributed by atoms with van der Waals surface area (Å²) in [5.41, 5.74) is 0.504. The molecule has 180 valence electrons. The first-order chi connectivity index (χ1) is 15.6. The first-order valence-corrected chi connectivity index (χ1v) is 12.6. The number of nitrogens with one attached hydrogen (secondary N) is 1. The number of aliphatic hydroxyl groups excluding tert-OH is 1. The minimum atomic E-state index is -0.746. The molecule has 0 aromatic heterocycles. The molecule has 0 aliphatic carbocycles. The predicted molar refractivity (Wildman–Crippen MR) is 127 cm³/mol. The highest BCUT2D eigenvalue weighted by atomic mass is 32.2. The molecule has 1 aromatic rings. The van der Waals surface area contributed by atoms with Crippen LogP contribution in [0, 0.1) is 11.8 Å². The van der Waals surface area contributed by atoms with Gasteiger partial charge in [-0.3, -0.25) is 14.4 Å². The Morgan fingerprint density at radius 2 is 2.00 bits per heavy atom. The number of amides is 2. The lowest BCUT2D eigenvalue weighted by atomic mass is 9.71. The molecule has 3 heterocycles. The van der Waals surface area contributed by atoms with Crippen LogP contribution in [0.5, 0.6) is 0 Å². The van der Waals surface area contributed by atoms with Crippen LogP contribution in [0.25, 0.3) is 0 Å². The van der Waals surface area contributed by atoms with E-state index in [1.807, 2.05) is 51.1 Å². The highest BCUT2D eigenvalue weighted by Crippen LogP contribution is 2.66. The average molecular weight is 475 g/mol. The standard InChI is InChI=1S/C25H34N2O5S/c1-5-32-23(31)18-17-11-12-25(33-17)19(18)22(30)27(20(25)21(29)26-24(2,3)4)16(14-28)13-15-9-7-6-8-10-15/h6-10,16-20,28H,5,11-14H2,1-4H3,(H,26,29)/t16-,17-,18+,19+,20?,25?/m1/s1. The number of likely N-dealkylation sites (tertiary alicyclic amines) is 1. The lowest BCUT2D eigenvalue weighted by molar-refractivity contribution is -0.154. The highest BCUT2D eigenvalue weighted by molar-refractivity contribution is 8.02. The molecule has 2 bridgehead atoms. The van der Waals surface area contributed by atoms with Crippen molar-refractivity contribution in [3.63, 3.8) is 0 Å². The van der Waals surface area contributed by atoms with Gasteiger partial charge >= 0.3 is 5.97 Å². The Kier molecular flexibility index (Phi) is 6.53. The second-order valence-electron chi connectivity index (χ2n) is 10.3. The maximum atomic E-state index is 14.0. The number of hydrogen-bond acceptors (Lipinski definition) is 6. The van der Waals surface area contributed by atoms with E-state index in [1.165, 1.54) is 0 Å². The fourth-order valence-electron chi connectivity index (χ4n) is 5.87. The second kappa shape index (κ2) is 8.95. The number of nitrogens with zero attached hydrogens (tertiary/aromatic N) is 1. The van der Waals surface area contributed by atoms with Gasteiger partial charge in [0, 0.05) is 10.8 Å². The lowest BCUT2D eigenvalue weighted by Gasteiger charge is -2.38. The number of thioether (sulfide) groups is 1. The first kappa shape index (κ1) is 24.1. The van der Waals surface area contributed by atoms with Gasteiger partial charge in [0.25, 0.3) is 0 Å². The number of esters is 1. The van der Waals surface area contributed by atoms with Crippen molar-refractivity contribution in [3.05, 3.63) is 35.9 Å². The van der Waals surface area contributed by atoms with Crippen LogP contribution >= 0.6 is 11.8 Å². The van der Waals surface area contributed by atoms with E-state index in [9.17, 15) is 19.5 Å². The summed E-state index contributed by atoms with van der Waals surface area (Å²) in [4.78, 5) is 42.2. The quantitative estimate of drug-likeness (QED) is 0.588. The zero-order valence-electron chi connectivity index (χ0n) is 19.7. The van der Waals surface area contributed by atoms with Crippen LogP contribution in [-0.2, 0) is 25.5 Å². The van der Waals surface area contributed by atoms with Gasteiger partial charge in [-0.25, -0.2) is 0 Å². The molecule has 2 N–H and O–H groups in total. The Bertz CT molecular complexity index is 917. The first-order valence-electron chi connectivity index (χ1n) is 11.8. The average Bonchev–Trinajstić information content (AvgIpc) is 3.39. The second-order valence-corrected chi connectivity index (χ2v) is 11.9. The third kappa shape index (κ3) is 4.16. The maximum absolute atomic E-state index is 14.0. The highest BCUT2D eigenvalue weighted by Gasteiger charge is 2.74. The molecule has 7 nitrogen and oxygen atoms in total. The van der Waals surface area contributed by atoms with Crippen LogP contribution in [0.2, 0.25) is 0 Å². The third-order valence-corrected chi connectivity index (χ3v) is 8.91. The summed E-state index contributed by atoms with van der Waals surface area (Å²) in [6.07, 6.45) is 1.90. The zero-order valence-corrected chi connectivity index (χ0v) is 20.6. The van der Waals surface area contributed by atoms with E-state index in [0.717, 1.165) is 12.0 Å². The van der Waals surface area contributed by atoms with Crippen LogP contribution in [0.4, 0.5) is 0 Å². The van der Waals surface area contributed by atoms with Crippen LogP contribution in [-0.4, -0.2) is 68.6 Å².